The molecule has 1 aromatic heterocycles. The summed E-state index contributed by atoms with van der Waals surface area (Å²) in [4.78, 5) is 17.4. The Morgan fingerprint density at radius 3 is 2.52 bits per heavy atom. The van der Waals surface area contributed by atoms with E-state index in [1.54, 1.807) is 13.0 Å². The summed E-state index contributed by atoms with van der Waals surface area (Å²) in [5.41, 5.74) is 1.76. The first-order valence-electron chi connectivity index (χ1n) is 9.51. The maximum Gasteiger partial charge on any atom is 0.261 e. The summed E-state index contributed by atoms with van der Waals surface area (Å²) < 4.78 is 42.7. The molecule has 1 saturated heterocycles. The van der Waals surface area contributed by atoms with Gasteiger partial charge >= 0.3 is 0 Å². The van der Waals surface area contributed by atoms with Gasteiger partial charge in [-0.15, -0.1) is 0 Å². The second-order valence-corrected chi connectivity index (χ2v) is 9.43. The fourth-order valence-electron chi connectivity index (χ4n) is 3.85. The highest BCUT2D eigenvalue weighted by atomic mass is 32.2. The molecule has 2 aromatic carbocycles. The maximum absolute atomic E-state index is 13.5. The van der Waals surface area contributed by atoms with E-state index >= 15 is 0 Å². The van der Waals surface area contributed by atoms with E-state index in [-0.39, 0.29) is 17.0 Å². The first-order valence-corrected chi connectivity index (χ1v) is 11.0. The lowest BCUT2D eigenvalue weighted by Gasteiger charge is -2.32. The quantitative estimate of drug-likeness (QED) is 0.659. The predicted octanol–water partition coefficient (Wildman–Crippen LogP) is 3.18. The van der Waals surface area contributed by atoms with Crippen molar-refractivity contribution in [2.45, 2.75) is 37.6 Å². The fraction of sp³-hybridized carbons (Fsp3) is 0.333. The molecule has 0 bridgehead atoms. The van der Waals surface area contributed by atoms with Crippen LogP contribution in [-0.4, -0.2) is 35.4 Å². The van der Waals surface area contributed by atoms with E-state index in [0.717, 1.165) is 11.1 Å². The molecule has 2 heterocycles. The monoisotopic (exact) mass is 415 g/mol. The summed E-state index contributed by atoms with van der Waals surface area (Å²) in [6.07, 6.45) is 2.46. The Morgan fingerprint density at radius 1 is 1.07 bits per heavy atom. The van der Waals surface area contributed by atoms with Crippen LogP contribution in [0.5, 0.6) is 0 Å². The van der Waals surface area contributed by atoms with Crippen LogP contribution in [0.15, 0.2) is 52.4 Å². The van der Waals surface area contributed by atoms with Crippen LogP contribution in [0, 0.1) is 19.7 Å². The number of sulfonamides is 1. The normalized spacial score (nSPS) is 16.4. The average Bonchev–Trinajstić information content (AvgIpc) is 2.70. The lowest BCUT2D eigenvalue weighted by Crippen LogP contribution is -2.41. The zero-order valence-electron chi connectivity index (χ0n) is 16.3. The van der Waals surface area contributed by atoms with Crippen molar-refractivity contribution in [2.75, 3.05) is 13.1 Å². The third kappa shape index (κ3) is 3.58. The number of benzene rings is 2. The zero-order valence-corrected chi connectivity index (χ0v) is 17.1. The van der Waals surface area contributed by atoms with Crippen LogP contribution >= 0.6 is 0 Å². The SMILES string of the molecule is Cc1ccc(C)c(S(=O)(=O)N2CCC(n3cnc4ccc(F)cc4c3=O)CC2)c1. The van der Waals surface area contributed by atoms with Crippen LogP contribution in [0.2, 0.25) is 0 Å². The molecule has 4 rings (SSSR count). The average molecular weight is 415 g/mol. The molecular weight excluding hydrogens is 393 g/mol. The summed E-state index contributed by atoms with van der Waals surface area (Å²) in [5, 5.41) is 0.234. The first-order chi connectivity index (χ1) is 13.8. The van der Waals surface area contributed by atoms with E-state index in [2.05, 4.69) is 4.98 Å². The highest BCUT2D eigenvalue weighted by molar-refractivity contribution is 7.89. The van der Waals surface area contributed by atoms with E-state index in [1.807, 2.05) is 19.1 Å². The molecule has 0 radical (unpaired) electrons. The van der Waals surface area contributed by atoms with E-state index < -0.39 is 15.8 Å². The highest BCUT2D eigenvalue weighted by Gasteiger charge is 2.31. The molecule has 1 aliphatic heterocycles. The Bertz CT molecular complexity index is 1250. The van der Waals surface area contributed by atoms with E-state index in [1.165, 1.54) is 33.4 Å². The number of aromatic nitrogens is 2. The molecule has 152 valence electrons. The Morgan fingerprint density at radius 2 is 1.79 bits per heavy atom. The molecule has 1 aliphatic rings. The second kappa shape index (κ2) is 7.35. The van der Waals surface area contributed by atoms with Gasteiger partial charge in [-0.05, 0) is 62.1 Å². The number of aryl methyl sites for hydroxylation is 2. The summed E-state index contributed by atoms with van der Waals surface area (Å²) in [6.45, 7) is 4.28. The zero-order chi connectivity index (χ0) is 20.8. The Labute approximate surface area is 168 Å². The number of piperidine rings is 1. The summed E-state index contributed by atoms with van der Waals surface area (Å²) in [7, 11) is -3.59. The number of hydrogen-bond acceptors (Lipinski definition) is 4. The van der Waals surface area contributed by atoms with Crippen molar-refractivity contribution in [3.8, 4) is 0 Å². The second-order valence-electron chi connectivity index (χ2n) is 7.52. The van der Waals surface area contributed by atoms with Gasteiger partial charge in [0.05, 0.1) is 22.1 Å². The van der Waals surface area contributed by atoms with Crippen LogP contribution in [0.3, 0.4) is 0 Å². The van der Waals surface area contributed by atoms with E-state index in [9.17, 15) is 17.6 Å². The maximum atomic E-state index is 13.5. The van der Waals surface area contributed by atoms with Gasteiger partial charge in [0.25, 0.3) is 5.56 Å². The Hall–Kier alpha value is -2.58. The van der Waals surface area contributed by atoms with E-state index in [0.29, 0.717) is 36.3 Å². The van der Waals surface area contributed by atoms with Crippen LogP contribution < -0.4 is 5.56 Å². The van der Waals surface area contributed by atoms with E-state index in [4.69, 9.17) is 0 Å². The minimum absolute atomic E-state index is 0.173. The van der Waals surface area contributed by atoms with Gasteiger partial charge in [-0.2, -0.15) is 4.31 Å². The minimum Gasteiger partial charge on any atom is -0.296 e. The van der Waals surface area contributed by atoms with Gasteiger partial charge < -0.3 is 0 Å². The Balaban J connectivity index is 1.58. The molecule has 8 heteroatoms. The number of hydrogen-bond donors (Lipinski definition) is 0. The largest absolute Gasteiger partial charge is 0.296 e. The van der Waals surface area contributed by atoms with Crippen molar-refractivity contribution < 1.29 is 12.8 Å². The summed E-state index contributed by atoms with van der Waals surface area (Å²) in [5.74, 6) is -0.483. The number of rotatable bonds is 3. The third-order valence-corrected chi connectivity index (χ3v) is 7.56. The van der Waals surface area contributed by atoms with Crippen molar-refractivity contribution >= 4 is 20.9 Å². The van der Waals surface area contributed by atoms with Gasteiger partial charge in [-0.3, -0.25) is 9.36 Å². The number of halogens is 1. The molecule has 0 amide bonds. The fourth-order valence-corrected chi connectivity index (χ4v) is 5.63. The number of fused-ring (bicyclic) bond motifs is 1. The van der Waals surface area contributed by atoms with Gasteiger partial charge in [-0.1, -0.05) is 12.1 Å². The van der Waals surface area contributed by atoms with Crippen molar-refractivity contribution in [1.29, 1.82) is 0 Å². The van der Waals surface area contributed by atoms with Crippen LogP contribution in [0.4, 0.5) is 4.39 Å². The molecular formula is C21H22FN3O3S. The van der Waals surface area contributed by atoms with Crippen LogP contribution in [0.25, 0.3) is 10.9 Å². The van der Waals surface area contributed by atoms with Gasteiger partial charge in [0.2, 0.25) is 10.0 Å². The molecule has 0 unspecified atom stereocenters. The predicted molar refractivity (Wildman–Crippen MR) is 109 cm³/mol. The molecule has 29 heavy (non-hydrogen) atoms. The van der Waals surface area contributed by atoms with Crippen LogP contribution in [0.1, 0.15) is 30.0 Å². The molecule has 6 nitrogen and oxygen atoms in total. The third-order valence-electron chi connectivity index (χ3n) is 5.52. The van der Waals surface area contributed by atoms with Gasteiger partial charge in [-0.25, -0.2) is 17.8 Å². The lowest BCUT2D eigenvalue weighted by atomic mass is 10.1. The molecule has 0 spiro atoms. The highest BCUT2D eigenvalue weighted by Crippen LogP contribution is 2.28. The van der Waals surface area contributed by atoms with Gasteiger partial charge in [0, 0.05) is 19.1 Å². The van der Waals surface area contributed by atoms with Crippen molar-refractivity contribution in [3.05, 3.63) is 70.0 Å². The lowest BCUT2D eigenvalue weighted by molar-refractivity contribution is 0.269. The van der Waals surface area contributed by atoms with Gasteiger partial charge in [0.1, 0.15) is 5.82 Å². The van der Waals surface area contributed by atoms with Gasteiger partial charge in [0.15, 0.2) is 0 Å². The van der Waals surface area contributed by atoms with Crippen molar-refractivity contribution in [3.63, 3.8) is 0 Å². The van der Waals surface area contributed by atoms with Crippen LogP contribution in [-0.2, 0) is 10.0 Å². The van der Waals surface area contributed by atoms with Crippen molar-refractivity contribution in [2.24, 2.45) is 0 Å². The molecule has 0 N–H and O–H groups in total. The smallest absolute Gasteiger partial charge is 0.261 e. The molecule has 0 aliphatic carbocycles. The molecule has 1 fully saturated rings. The number of nitrogens with zero attached hydrogens (tertiary/aromatic N) is 3. The molecule has 0 saturated carbocycles. The van der Waals surface area contributed by atoms with Crippen molar-refractivity contribution in [1.82, 2.24) is 13.9 Å². The summed E-state index contributed by atoms with van der Waals surface area (Å²) in [6, 6.07) is 9.18. The minimum atomic E-state index is -3.59. The standard InChI is InChI=1S/C21H22FN3O3S/c1-14-3-4-15(2)20(11-14)29(27,28)24-9-7-17(8-10-24)25-13-23-19-6-5-16(22)12-18(19)21(25)26/h3-6,11-13,17H,7-10H2,1-2H3. The summed E-state index contributed by atoms with van der Waals surface area (Å²) >= 11 is 0. The Kier molecular flexibility index (Phi) is 5.00. The first kappa shape index (κ1) is 19.7. The topological polar surface area (TPSA) is 72.3 Å². The molecule has 3 aromatic rings. The molecule has 0 atom stereocenters.